The molecule has 1 aromatic rings. The summed E-state index contributed by atoms with van der Waals surface area (Å²) in [6.45, 7) is 5.52. The first-order valence-electron chi connectivity index (χ1n) is 7.40. The second-order valence-electron chi connectivity index (χ2n) is 6.15. The minimum Gasteiger partial charge on any atom is -0.347 e. The fraction of sp³-hybridized carbons (Fsp3) is 0.500. The van der Waals surface area contributed by atoms with E-state index >= 15 is 0 Å². The molecule has 0 bridgehead atoms. The summed E-state index contributed by atoms with van der Waals surface area (Å²) in [5.41, 5.74) is 0.536. The SMILES string of the molecule is Cc1ccc(C(=O)NC(CC(C)C)C(=O)N(C)C)cc1[N+](=O)[O-]. The van der Waals surface area contributed by atoms with Crippen molar-refractivity contribution in [2.45, 2.75) is 33.2 Å². The predicted octanol–water partition coefficient (Wildman–Crippen LogP) is 2.14. The highest BCUT2D eigenvalue weighted by atomic mass is 16.6. The number of nitro groups is 1. The van der Waals surface area contributed by atoms with Crippen molar-refractivity contribution in [2.24, 2.45) is 5.92 Å². The Bertz CT molecular complexity index is 611. The van der Waals surface area contributed by atoms with E-state index in [4.69, 9.17) is 0 Å². The number of hydrogen-bond acceptors (Lipinski definition) is 4. The highest BCUT2D eigenvalue weighted by Gasteiger charge is 2.24. The summed E-state index contributed by atoms with van der Waals surface area (Å²) >= 11 is 0. The fourth-order valence-corrected chi connectivity index (χ4v) is 2.19. The van der Waals surface area contributed by atoms with E-state index in [2.05, 4.69) is 5.32 Å². The Hall–Kier alpha value is -2.44. The molecule has 7 nitrogen and oxygen atoms in total. The van der Waals surface area contributed by atoms with Crippen molar-refractivity contribution in [3.63, 3.8) is 0 Å². The van der Waals surface area contributed by atoms with E-state index < -0.39 is 16.9 Å². The monoisotopic (exact) mass is 321 g/mol. The molecule has 23 heavy (non-hydrogen) atoms. The van der Waals surface area contributed by atoms with Crippen molar-refractivity contribution in [1.29, 1.82) is 0 Å². The largest absolute Gasteiger partial charge is 0.347 e. The molecule has 0 aliphatic rings. The molecule has 1 aromatic carbocycles. The van der Waals surface area contributed by atoms with Crippen LogP contribution in [0.2, 0.25) is 0 Å². The van der Waals surface area contributed by atoms with Crippen LogP contribution in [0.1, 0.15) is 36.2 Å². The standard InChI is InChI=1S/C16H23N3O4/c1-10(2)8-13(16(21)18(4)5)17-15(20)12-7-6-11(3)14(9-12)19(22)23/h6-7,9-10,13H,8H2,1-5H3,(H,17,20). The molecule has 1 atom stereocenters. The molecule has 0 aliphatic carbocycles. The molecule has 1 unspecified atom stereocenters. The van der Waals surface area contributed by atoms with E-state index in [1.165, 1.54) is 23.1 Å². The summed E-state index contributed by atoms with van der Waals surface area (Å²) in [5, 5.41) is 13.7. The summed E-state index contributed by atoms with van der Waals surface area (Å²) in [6, 6.07) is 3.62. The van der Waals surface area contributed by atoms with Gasteiger partial charge in [0, 0.05) is 31.3 Å². The number of amides is 2. The van der Waals surface area contributed by atoms with Crippen molar-refractivity contribution in [2.75, 3.05) is 14.1 Å². The van der Waals surface area contributed by atoms with Gasteiger partial charge in [-0.3, -0.25) is 19.7 Å². The lowest BCUT2D eigenvalue weighted by molar-refractivity contribution is -0.385. The average molecular weight is 321 g/mol. The number of aryl methyl sites for hydroxylation is 1. The molecule has 0 aromatic heterocycles. The third-order valence-corrected chi connectivity index (χ3v) is 3.42. The van der Waals surface area contributed by atoms with Crippen LogP contribution in [0.5, 0.6) is 0 Å². The summed E-state index contributed by atoms with van der Waals surface area (Å²) in [5.74, 6) is -0.473. The molecule has 0 saturated heterocycles. The lowest BCUT2D eigenvalue weighted by Crippen LogP contribution is -2.46. The number of nitrogens with one attached hydrogen (secondary N) is 1. The van der Waals surface area contributed by atoms with Gasteiger partial charge in [0.05, 0.1) is 4.92 Å². The summed E-state index contributed by atoms with van der Waals surface area (Å²) < 4.78 is 0. The van der Waals surface area contributed by atoms with E-state index in [0.29, 0.717) is 12.0 Å². The minimum absolute atomic E-state index is 0.114. The molecule has 2 amide bonds. The molecule has 0 saturated carbocycles. The van der Waals surface area contributed by atoms with Crippen LogP contribution in [0.3, 0.4) is 0 Å². The molecule has 0 spiro atoms. The Morgan fingerprint density at radius 3 is 2.39 bits per heavy atom. The zero-order valence-corrected chi connectivity index (χ0v) is 14.1. The average Bonchev–Trinajstić information content (AvgIpc) is 2.45. The Morgan fingerprint density at radius 2 is 1.91 bits per heavy atom. The van der Waals surface area contributed by atoms with E-state index in [9.17, 15) is 19.7 Å². The number of nitrogens with zero attached hydrogens (tertiary/aromatic N) is 2. The number of nitro benzene ring substituents is 1. The van der Waals surface area contributed by atoms with Gasteiger partial charge in [0.1, 0.15) is 6.04 Å². The maximum atomic E-state index is 12.3. The van der Waals surface area contributed by atoms with Gasteiger partial charge in [0.25, 0.3) is 11.6 Å². The molecule has 0 aliphatic heterocycles. The Balaban J connectivity index is 3.01. The van der Waals surface area contributed by atoms with Crippen molar-refractivity contribution >= 4 is 17.5 Å². The minimum atomic E-state index is -0.655. The Morgan fingerprint density at radius 1 is 1.30 bits per heavy atom. The molecular weight excluding hydrogens is 298 g/mol. The van der Waals surface area contributed by atoms with Gasteiger partial charge >= 0.3 is 0 Å². The predicted molar refractivity (Wildman–Crippen MR) is 87.2 cm³/mol. The highest BCUT2D eigenvalue weighted by Crippen LogP contribution is 2.19. The number of rotatable bonds is 6. The van der Waals surface area contributed by atoms with Crippen LogP contribution in [0.25, 0.3) is 0 Å². The van der Waals surface area contributed by atoms with E-state index in [0.717, 1.165) is 0 Å². The third-order valence-electron chi connectivity index (χ3n) is 3.42. The van der Waals surface area contributed by atoms with Crippen LogP contribution in [-0.2, 0) is 4.79 Å². The molecule has 0 fully saturated rings. The van der Waals surface area contributed by atoms with Crippen LogP contribution in [0, 0.1) is 23.0 Å². The van der Waals surface area contributed by atoms with Crippen LogP contribution in [0.4, 0.5) is 5.69 Å². The summed E-state index contributed by atoms with van der Waals surface area (Å²) in [4.78, 5) is 36.4. The number of hydrogen-bond donors (Lipinski definition) is 1. The van der Waals surface area contributed by atoms with Crippen LogP contribution in [0.15, 0.2) is 18.2 Å². The Kier molecular flexibility index (Phi) is 6.24. The molecule has 0 heterocycles. The summed E-state index contributed by atoms with van der Waals surface area (Å²) in [7, 11) is 3.25. The number of benzene rings is 1. The van der Waals surface area contributed by atoms with Gasteiger partial charge in [-0.1, -0.05) is 19.9 Å². The van der Waals surface area contributed by atoms with Gasteiger partial charge in [0.15, 0.2) is 0 Å². The highest BCUT2D eigenvalue weighted by molar-refractivity contribution is 5.98. The molecule has 0 radical (unpaired) electrons. The maximum Gasteiger partial charge on any atom is 0.273 e. The van der Waals surface area contributed by atoms with Crippen molar-refractivity contribution in [3.8, 4) is 0 Å². The number of likely N-dealkylation sites (N-methyl/N-ethyl adjacent to an activating group) is 1. The van der Waals surface area contributed by atoms with Gasteiger partial charge in [-0.15, -0.1) is 0 Å². The lowest BCUT2D eigenvalue weighted by atomic mass is 10.0. The topological polar surface area (TPSA) is 92.6 Å². The van der Waals surface area contributed by atoms with Gasteiger partial charge in [-0.25, -0.2) is 0 Å². The van der Waals surface area contributed by atoms with Gasteiger partial charge in [-0.05, 0) is 25.3 Å². The van der Waals surface area contributed by atoms with E-state index in [1.807, 2.05) is 13.8 Å². The number of carbonyl (C=O) groups is 2. The zero-order chi connectivity index (χ0) is 17.7. The summed E-state index contributed by atoms with van der Waals surface area (Å²) in [6.07, 6.45) is 0.497. The fourth-order valence-electron chi connectivity index (χ4n) is 2.19. The second kappa shape index (κ2) is 7.71. The van der Waals surface area contributed by atoms with Gasteiger partial charge in [0.2, 0.25) is 5.91 Å². The first kappa shape index (κ1) is 18.6. The third kappa shape index (κ3) is 5.05. The Labute approximate surface area is 135 Å². The van der Waals surface area contributed by atoms with Crippen molar-refractivity contribution < 1.29 is 14.5 Å². The lowest BCUT2D eigenvalue weighted by Gasteiger charge is -2.23. The molecule has 126 valence electrons. The van der Waals surface area contributed by atoms with Crippen LogP contribution < -0.4 is 5.32 Å². The first-order chi connectivity index (χ1) is 10.6. The van der Waals surface area contributed by atoms with Gasteiger partial charge < -0.3 is 10.2 Å². The number of carbonyl (C=O) groups excluding carboxylic acids is 2. The first-order valence-corrected chi connectivity index (χ1v) is 7.40. The molecule has 1 rings (SSSR count). The molecular formula is C16H23N3O4. The van der Waals surface area contributed by atoms with Gasteiger partial charge in [-0.2, -0.15) is 0 Å². The quantitative estimate of drug-likeness (QED) is 0.641. The smallest absolute Gasteiger partial charge is 0.273 e. The molecule has 1 N–H and O–H groups in total. The van der Waals surface area contributed by atoms with E-state index in [1.54, 1.807) is 21.0 Å². The molecule has 7 heteroatoms. The van der Waals surface area contributed by atoms with Crippen LogP contribution in [-0.4, -0.2) is 41.8 Å². The maximum absolute atomic E-state index is 12.3. The van der Waals surface area contributed by atoms with E-state index in [-0.39, 0.29) is 23.1 Å². The van der Waals surface area contributed by atoms with Crippen molar-refractivity contribution in [3.05, 3.63) is 39.4 Å². The van der Waals surface area contributed by atoms with Crippen molar-refractivity contribution in [1.82, 2.24) is 10.2 Å². The van der Waals surface area contributed by atoms with Crippen LogP contribution >= 0.6 is 0 Å². The zero-order valence-electron chi connectivity index (χ0n) is 14.1. The second-order valence-corrected chi connectivity index (χ2v) is 6.15. The normalized spacial score (nSPS) is 11.9.